The van der Waals surface area contributed by atoms with Crippen molar-refractivity contribution in [1.29, 1.82) is 0 Å². The van der Waals surface area contributed by atoms with E-state index in [0.717, 1.165) is 29.4 Å². The third kappa shape index (κ3) is 3.95. The third-order valence-electron chi connectivity index (χ3n) is 6.66. The van der Waals surface area contributed by atoms with Crippen LogP contribution in [0.4, 0.5) is 5.13 Å². The van der Waals surface area contributed by atoms with Crippen molar-refractivity contribution in [1.82, 2.24) is 15.5 Å². The van der Waals surface area contributed by atoms with Crippen molar-refractivity contribution < 1.29 is 9.59 Å². The van der Waals surface area contributed by atoms with E-state index in [1.807, 2.05) is 13.8 Å². The highest BCUT2D eigenvalue weighted by molar-refractivity contribution is 8.01. The maximum atomic E-state index is 13.3. The zero-order valence-electron chi connectivity index (χ0n) is 16.9. The Balaban J connectivity index is 1.43. The van der Waals surface area contributed by atoms with Crippen LogP contribution in [-0.4, -0.2) is 33.8 Å². The van der Waals surface area contributed by atoms with Crippen molar-refractivity contribution in [3.8, 4) is 0 Å². The zero-order valence-corrected chi connectivity index (χ0v) is 18.5. The summed E-state index contributed by atoms with van der Waals surface area (Å²) in [6, 6.07) is -0.549. The first-order chi connectivity index (χ1) is 13.4. The van der Waals surface area contributed by atoms with E-state index < -0.39 is 6.04 Å². The molecule has 6 nitrogen and oxygen atoms in total. The highest BCUT2D eigenvalue weighted by atomic mass is 32.2. The Morgan fingerprint density at radius 1 is 1.14 bits per heavy atom. The molecule has 1 aromatic rings. The van der Waals surface area contributed by atoms with Crippen molar-refractivity contribution >= 4 is 40.0 Å². The summed E-state index contributed by atoms with van der Waals surface area (Å²) in [5.74, 6) is 2.95. The lowest BCUT2D eigenvalue weighted by molar-refractivity contribution is -0.148. The summed E-state index contributed by atoms with van der Waals surface area (Å²) in [5, 5.41) is 14.6. The highest BCUT2D eigenvalue weighted by Crippen LogP contribution is 2.60. The van der Waals surface area contributed by atoms with Gasteiger partial charge in [-0.3, -0.25) is 14.9 Å². The Bertz CT molecular complexity index is 713. The summed E-state index contributed by atoms with van der Waals surface area (Å²) in [6.07, 6.45) is 6.92. The second-order valence-electron chi connectivity index (χ2n) is 9.19. The number of thioether (sulfide) groups is 1. The highest BCUT2D eigenvalue weighted by Gasteiger charge is 2.55. The van der Waals surface area contributed by atoms with E-state index in [9.17, 15) is 9.59 Å². The van der Waals surface area contributed by atoms with Crippen molar-refractivity contribution in [2.45, 2.75) is 69.7 Å². The van der Waals surface area contributed by atoms with E-state index >= 15 is 0 Å². The first-order valence-electron chi connectivity index (χ1n) is 10.5. The summed E-state index contributed by atoms with van der Waals surface area (Å²) in [4.78, 5) is 26.2. The lowest BCUT2D eigenvalue weighted by Crippen LogP contribution is -2.57. The van der Waals surface area contributed by atoms with Gasteiger partial charge in [0.15, 0.2) is 4.34 Å². The molecule has 1 heterocycles. The van der Waals surface area contributed by atoms with E-state index in [1.165, 1.54) is 30.6 Å². The minimum Gasteiger partial charge on any atom is -0.344 e. The Morgan fingerprint density at radius 3 is 2.29 bits per heavy atom. The fourth-order valence-electron chi connectivity index (χ4n) is 5.84. The second-order valence-corrected chi connectivity index (χ2v) is 11.7. The number of nitrogens with one attached hydrogen (secondary N) is 2. The van der Waals surface area contributed by atoms with Gasteiger partial charge in [-0.05, 0) is 67.9 Å². The predicted molar refractivity (Wildman–Crippen MR) is 112 cm³/mol. The minimum atomic E-state index is -0.549. The quantitative estimate of drug-likeness (QED) is 0.513. The molecule has 0 saturated heterocycles. The number of carbonyl (C=O) groups is 2. The number of hydrogen-bond donors (Lipinski definition) is 2. The molecular weight excluding hydrogens is 392 g/mol. The van der Waals surface area contributed by atoms with Gasteiger partial charge in [-0.2, -0.15) is 0 Å². The molecule has 5 rings (SSSR count). The fraction of sp³-hybridized carbons (Fsp3) is 0.800. The molecule has 0 radical (unpaired) electrons. The molecule has 154 valence electrons. The average Bonchev–Trinajstić information content (AvgIpc) is 3.05. The van der Waals surface area contributed by atoms with Crippen LogP contribution in [0.1, 0.15) is 59.3 Å². The number of hydrogen-bond acceptors (Lipinski definition) is 6. The normalized spacial score (nSPS) is 31.8. The average molecular weight is 423 g/mol. The lowest BCUT2D eigenvalue weighted by atomic mass is 9.49. The number of rotatable bonds is 7. The number of carbonyl (C=O) groups excluding carboxylic acids is 2. The lowest BCUT2D eigenvalue weighted by Gasteiger charge is -2.55. The standard InChI is InChI=1S/C20H30N4O2S2/c1-4-27-19-24-23-18(28-19)22-16(25)15(11(2)3)21-17(26)20-8-12-5-13(9-20)7-14(6-12)10-20/h11-15H,4-10H2,1-3H3,(H,21,26)(H,22,23,25)/t12?,13?,14?,15-,20?/m1/s1. The zero-order chi connectivity index (χ0) is 19.9. The molecule has 4 aliphatic rings. The van der Waals surface area contributed by atoms with Crippen LogP contribution in [0.2, 0.25) is 0 Å². The molecule has 2 amide bonds. The van der Waals surface area contributed by atoms with Crippen LogP contribution in [0.15, 0.2) is 4.34 Å². The minimum absolute atomic E-state index is 0.00951. The van der Waals surface area contributed by atoms with Gasteiger partial charge in [-0.25, -0.2) is 0 Å². The summed E-state index contributed by atoms with van der Waals surface area (Å²) >= 11 is 2.98. The molecule has 1 atom stereocenters. The van der Waals surface area contributed by atoms with Gasteiger partial charge in [0.1, 0.15) is 6.04 Å². The Hall–Kier alpha value is -1.15. The van der Waals surface area contributed by atoms with Crippen LogP contribution in [0.25, 0.3) is 0 Å². The Morgan fingerprint density at radius 2 is 1.75 bits per heavy atom. The van der Waals surface area contributed by atoms with Crippen LogP contribution < -0.4 is 10.6 Å². The molecule has 0 spiro atoms. The van der Waals surface area contributed by atoms with E-state index in [0.29, 0.717) is 22.9 Å². The van der Waals surface area contributed by atoms with Gasteiger partial charge in [-0.1, -0.05) is 43.9 Å². The molecule has 0 aliphatic heterocycles. The molecule has 0 unspecified atom stereocenters. The van der Waals surface area contributed by atoms with Crippen molar-refractivity contribution in [2.24, 2.45) is 29.1 Å². The summed E-state index contributed by atoms with van der Waals surface area (Å²) in [7, 11) is 0. The van der Waals surface area contributed by atoms with Gasteiger partial charge in [0.25, 0.3) is 0 Å². The Labute approximate surface area is 175 Å². The van der Waals surface area contributed by atoms with E-state index in [1.54, 1.807) is 11.8 Å². The summed E-state index contributed by atoms with van der Waals surface area (Å²) < 4.78 is 0.844. The van der Waals surface area contributed by atoms with Crippen molar-refractivity contribution in [3.63, 3.8) is 0 Å². The van der Waals surface area contributed by atoms with E-state index in [4.69, 9.17) is 0 Å². The van der Waals surface area contributed by atoms with Gasteiger partial charge in [0.05, 0.1) is 0 Å². The molecule has 2 N–H and O–H groups in total. The van der Waals surface area contributed by atoms with Crippen LogP contribution in [0, 0.1) is 29.1 Å². The first-order valence-corrected chi connectivity index (χ1v) is 12.3. The molecule has 4 aliphatic carbocycles. The van der Waals surface area contributed by atoms with Crippen LogP contribution in [0.3, 0.4) is 0 Å². The molecule has 4 bridgehead atoms. The van der Waals surface area contributed by atoms with Gasteiger partial charge in [0, 0.05) is 5.41 Å². The van der Waals surface area contributed by atoms with Crippen LogP contribution in [0.5, 0.6) is 0 Å². The number of anilines is 1. The topological polar surface area (TPSA) is 84.0 Å². The smallest absolute Gasteiger partial charge is 0.249 e. The number of nitrogens with zero attached hydrogens (tertiary/aromatic N) is 2. The van der Waals surface area contributed by atoms with Gasteiger partial charge in [-0.15, -0.1) is 10.2 Å². The first kappa shape index (κ1) is 20.1. The predicted octanol–water partition coefficient (Wildman–Crippen LogP) is 3.95. The third-order valence-corrected chi connectivity index (χ3v) is 8.51. The second kappa shape index (κ2) is 7.94. The molecular formula is C20H30N4O2S2. The van der Waals surface area contributed by atoms with Gasteiger partial charge < -0.3 is 5.32 Å². The van der Waals surface area contributed by atoms with Gasteiger partial charge in [0.2, 0.25) is 16.9 Å². The number of amides is 2. The Kier molecular flexibility index (Phi) is 5.71. The molecule has 4 saturated carbocycles. The molecule has 4 fully saturated rings. The van der Waals surface area contributed by atoms with Gasteiger partial charge >= 0.3 is 0 Å². The SMILES string of the molecule is CCSc1nnc(NC(=O)[C@H](NC(=O)C23CC4CC(CC(C4)C2)C3)C(C)C)s1. The molecule has 1 aromatic heterocycles. The van der Waals surface area contributed by atoms with Crippen molar-refractivity contribution in [3.05, 3.63) is 0 Å². The molecule has 8 heteroatoms. The number of aromatic nitrogens is 2. The molecule has 0 aromatic carbocycles. The van der Waals surface area contributed by atoms with Crippen LogP contribution in [-0.2, 0) is 9.59 Å². The monoisotopic (exact) mass is 422 g/mol. The van der Waals surface area contributed by atoms with Crippen molar-refractivity contribution in [2.75, 3.05) is 11.1 Å². The summed E-state index contributed by atoms with van der Waals surface area (Å²) in [5.41, 5.74) is -0.240. The largest absolute Gasteiger partial charge is 0.344 e. The van der Waals surface area contributed by atoms with E-state index in [2.05, 4.69) is 27.8 Å². The molecule has 28 heavy (non-hydrogen) atoms. The summed E-state index contributed by atoms with van der Waals surface area (Å²) in [6.45, 7) is 6.00. The maximum Gasteiger partial charge on any atom is 0.249 e. The van der Waals surface area contributed by atoms with E-state index in [-0.39, 0.29) is 23.1 Å². The fourth-order valence-corrected chi connectivity index (χ4v) is 7.50. The van der Waals surface area contributed by atoms with Crippen LogP contribution >= 0.6 is 23.1 Å². The maximum absolute atomic E-state index is 13.3.